The Hall–Kier alpha value is -0.960. The molecule has 0 rings (SSSR count). The first kappa shape index (κ1) is 21.3. The molecule has 1 unspecified atom stereocenters. The van der Waals surface area contributed by atoms with E-state index in [4.69, 9.17) is 4.74 Å². The lowest BCUT2D eigenvalue weighted by Gasteiger charge is -2.25. The van der Waals surface area contributed by atoms with Crippen molar-refractivity contribution in [3.63, 3.8) is 0 Å². The number of hydrogen-bond donors (Lipinski definition) is 0. The first-order valence-corrected chi connectivity index (χ1v) is 7.45. The quantitative estimate of drug-likeness (QED) is 0.398. The molecule has 0 amide bonds. The van der Waals surface area contributed by atoms with Gasteiger partial charge in [0.05, 0.1) is 14.2 Å². The van der Waals surface area contributed by atoms with Gasteiger partial charge >= 0.3 is 16.4 Å². The monoisotopic (exact) mass is 311 g/mol. The van der Waals surface area contributed by atoms with Gasteiger partial charge in [-0.15, -0.1) is 0 Å². The fourth-order valence-corrected chi connectivity index (χ4v) is 1.27. The summed E-state index contributed by atoms with van der Waals surface area (Å²) in [4.78, 5) is 13.2. The number of rotatable bonds is 7. The van der Waals surface area contributed by atoms with Crippen LogP contribution in [0.25, 0.3) is 0 Å². The molecule has 0 radical (unpaired) electrons. The highest BCUT2D eigenvalue weighted by molar-refractivity contribution is 7.81. The van der Waals surface area contributed by atoms with Crippen molar-refractivity contribution in [1.82, 2.24) is 4.90 Å². The summed E-state index contributed by atoms with van der Waals surface area (Å²) >= 11 is 0. The fraction of sp³-hybridized carbons (Fsp3) is 0.750. The maximum atomic E-state index is 11.1. The molecule has 8 heteroatoms. The molecule has 0 N–H and O–H groups in total. The number of hydrogen-bond acceptors (Lipinski definition) is 7. The third kappa shape index (κ3) is 9.90. The second-order valence-electron chi connectivity index (χ2n) is 3.75. The van der Waals surface area contributed by atoms with E-state index in [-0.39, 0.29) is 12.2 Å². The highest BCUT2D eigenvalue weighted by atomic mass is 32.3. The van der Waals surface area contributed by atoms with Gasteiger partial charge in [-0.05, 0) is 26.9 Å². The molecule has 0 aliphatic carbocycles. The Labute approximate surface area is 121 Å². The number of ether oxygens (including phenoxy) is 1. The highest BCUT2D eigenvalue weighted by Crippen LogP contribution is 2.03. The van der Waals surface area contributed by atoms with Crippen molar-refractivity contribution < 1.29 is 26.3 Å². The van der Waals surface area contributed by atoms with E-state index in [2.05, 4.69) is 19.8 Å². The molecule has 0 aliphatic rings. The molecule has 0 heterocycles. The first-order valence-electron chi connectivity index (χ1n) is 6.11. The van der Waals surface area contributed by atoms with E-state index in [0.717, 1.165) is 27.3 Å². The average Bonchev–Trinajstić information content (AvgIpc) is 2.40. The van der Waals surface area contributed by atoms with Crippen molar-refractivity contribution in [2.75, 3.05) is 27.3 Å². The van der Waals surface area contributed by atoms with Crippen molar-refractivity contribution in [3.05, 3.63) is 12.2 Å². The van der Waals surface area contributed by atoms with Crippen molar-refractivity contribution >= 4 is 16.4 Å². The van der Waals surface area contributed by atoms with E-state index in [9.17, 15) is 13.2 Å². The second kappa shape index (κ2) is 10.8. The minimum absolute atomic E-state index is 0.167. The van der Waals surface area contributed by atoms with Gasteiger partial charge in [-0.2, -0.15) is 8.42 Å². The summed E-state index contributed by atoms with van der Waals surface area (Å²) < 4.78 is 32.7. The molecule has 0 aromatic carbocycles. The maximum absolute atomic E-state index is 11.1. The van der Waals surface area contributed by atoms with E-state index in [1.54, 1.807) is 6.92 Å². The molecule has 0 aliphatic heterocycles. The molecule has 0 saturated carbocycles. The Balaban J connectivity index is 0. The van der Waals surface area contributed by atoms with Gasteiger partial charge in [0, 0.05) is 5.57 Å². The van der Waals surface area contributed by atoms with Crippen LogP contribution < -0.4 is 0 Å². The number of esters is 1. The van der Waals surface area contributed by atoms with Crippen LogP contribution in [0.3, 0.4) is 0 Å². The van der Waals surface area contributed by atoms with Crippen LogP contribution in [0.2, 0.25) is 0 Å². The van der Waals surface area contributed by atoms with Crippen LogP contribution in [-0.2, 0) is 28.3 Å². The smallest absolute Gasteiger partial charge is 0.399 e. The van der Waals surface area contributed by atoms with Crippen LogP contribution in [-0.4, -0.2) is 52.8 Å². The van der Waals surface area contributed by atoms with Crippen molar-refractivity contribution in [3.8, 4) is 0 Å². The number of carbonyl (C=O) groups excluding carboxylic acids is 1. The summed E-state index contributed by atoms with van der Waals surface area (Å²) in [6, 6.07) is 0. The van der Waals surface area contributed by atoms with Crippen LogP contribution in [0, 0.1) is 0 Å². The zero-order valence-corrected chi connectivity index (χ0v) is 13.8. The lowest BCUT2D eigenvalue weighted by Crippen LogP contribution is -2.36. The number of carbonyl (C=O) groups is 1. The Morgan fingerprint density at radius 2 is 1.60 bits per heavy atom. The molecular formula is C12H25NO6S. The molecule has 0 fully saturated rings. The van der Waals surface area contributed by atoms with Crippen LogP contribution in [0.5, 0.6) is 0 Å². The van der Waals surface area contributed by atoms with Crippen molar-refractivity contribution in [2.24, 2.45) is 0 Å². The van der Waals surface area contributed by atoms with Crippen LogP contribution in [0.4, 0.5) is 0 Å². The largest absolute Gasteiger partial charge is 0.443 e. The van der Waals surface area contributed by atoms with Crippen molar-refractivity contribution in [1.29, 1.82) is 0 Å². The molecule has 0 aromatic heterocycles. The third-order valence-electron chi connectivity index (χ3n) is 2.36. The SMILES string of the molecule is C=C(C)C(=O)OC(C)N(CC)CC.COS(=O)(=O)OC. The van der Waals surface area contributed by atoms with Crippen molar-refractivity contribution in [2.45, 2.75) is 33.9 Å². The molecule has 20 heavy (non-hydrogen) atoms. The molecule has 0 spiro atoms. The molecule has 0 saturated heterocycles. The Morgan fingerprint density at radius 1 is 1.20 bits per heavy atom. The fourth-order valence-electron chi connectivity index (χ4n) is 1.14. The highest BCUT2D eigenvalue weighted by Gasteiger charge is 2.14. The van der Waals surface area contributed by atoms with Gasteiger partial charge < -0.3 is 4.74 Å². The zero-order valence-electron chi connectivity index (χ0n) is 13.0. The second-order valence-corrected chi connectivity index (χ2v) is 5.23. The van der Waals surface area contributed by atoms with Gasteiger partial charge in [0.15, 0.2) is 6.23 Å². The predicted octanol–water partition coefficient (Wildman–Crippen LogP) is 1.32. The van der Waals surface area contributed by atoms with Crippen LogP contribution in [0.15, 0.2) is 12.2 Å². The van der Waals surface area contributed by atoms with Gasteiger partial charge in [-0.25, -0.2) is 4.79 Å². The molecule has 7 nitrogen and oxygen atoms in total. The zero-order chi connectivity index (χ0) is 16.3. The van der Waals surface area contributed by atoms with Gasteiger partial charge in [-0.1, -0.05) is 20.4 Å². The Morgan fingerprint density at radius 3 is 1.80 bits per heavy atom. The van der Waals surface area contributed by atoms with Crippen LogP contribution >= 0.6 is 0 Å². The predicted molar refractivity (Wildman–Crippen MR) is 76.2 cm³/mol. The summed E-state index contributed by atoms with van der Waals surface area (Å²) in [6.45, 7) is 12.9. The maximum Gasteiger partial charge on any atom is 0.399 e. The standard InChI is InChI=1S/C10H19NO2.C2H6O4S/c1-6-11(7-2)9(5)13-10(12)8(3)4;1-5-7(3,4)6-2/h9H,3,6-7H2,1-2,4-5H3;1-2H3. The molecule has 1 atom stereocenters. The summed E-state index contributed by atoms with van der Waals surface area (Å²) in [5.41, 5.74) is 0.444. The molecule has 0 bridgehead atoms. The van der Waals surface area contributed by atoms with E-state index in [1.165, 1.54) is 0 Å². The Bertz CT molecular complexity index is 379. The minimum atomic E-state index is -3.66. The Kier molecular flexibility index (Phi) is 11.5. The molecule has 0 aromatic rings. The number of nitrogens with zero attached hydrogens (tertiary/aromatic N) is 1. The summed E-state index contributed by atoms with van der Waals surface area (Å²) in [6.07, 6.45) is -0.167. The van der Waals surface area contributed by atoms with E-state index in [0.29, 0.717) is 5.57 Å². The van der Waals surface area contributed by atoms with Gasteiger partial charge in [0.2, 0.25) is 0 Å². The summed E-state index contributed by atoms with van der Waals surface area (Å²) in [5, 5.41) is 0. The molecular weight excluding hydrogens is 286 g/mol. The van der Waals surface area contributed by atoms with E-state index >= 15 is 0 Å². The lowest BCUT2D eigenvalue weighted by molar-refractivity contribution is -0.152. The van der Waals surface area contributed by atoms with Crippen LogP contribution in [0.1, 0.15) is 27.7 Å². The first-order chi connectivity index (χ1) is 9.14. The third-order valence-corrected chi connectivity index (χ3v) is 3.18. The molecule has 120 valence electrons. The normalized spacial score (nSPS) is 12.3. The lowest BCUT2D eigenvalue weighted by atomic mass is 10.3. The minimum Gasteiger partial charge on any atom is -0.443 e. The summed E-state index contributed by atoms with van der Waals surface area (Å²) in [5.74, 6) is -0.320. The van der Waals surface area contributed by atoms with Gasteiger partial charge in [-0.3, -0.25) is 13.3 Å². The van der Waals surface area contributed by atoms with E-state index < -0.39 is 10.4 Å². The van der Waals surface area contributed by atoms with Gasteiger partial charge in [0.1, 0.15) is 0 Å². The summed E-state index contributed by atoms with van der Waals surface area (Å²) in [7, 11) is -1.60. The van der Waals surface area contributed by atoms with E-state index in [1.807, 2.05) is 20.8 Å². The van der Waals surface area contributed by atoms with Gasteiger partial charge in [0.25, 0.3) is 0 Å². The topological polar surface area (TPSA) is 82.1 Å². The average molecular weight is 311 g/mol.